The number of benzene rings is 3. The molecule has 0 aliphatic rings. The number of amides is 1. The predicted molar refractivity (Wildman–Crippen MR) is 141 cm³/mol. The van der Waals surface area contributed by atoms with Crippen molar-refractivity contribution >= 4 is 50.9 Å². The molecule has 0 bridgehead atoms. The van der Waals surface area contributed by atoms with Crippen LogP contribution in [0.25, 0.3) is 10.9 Å². The molecule has 3 aromatic carbocycles. The van der Waals surface area contributed by atoms with Crippen molar-refractivity contribution in [2.24, 2.45) is 7.05 Å². The van der Waals surface area contributed by atoms with Crippen molar-refractivity contribution in [3.63, 3.8) is 0 Å². The summed E-state index contributed by atoms with van der Waals surface area (Å²) < 4.78 is 1.96. The molecule has 2 aromatic heterocycles. The quantitative estimate of drug-likeness (QED) is 0.214. The van der Waals surface area contributed by atoms with E-state index >= 15 is 0 Å². The van der Waals surface area contributed by atoms with Gasteiger partial charge in [-0.1, -0.05) is 6.07 Å². The maximum Gasteiger partial charge on any atom is 0.255 e. The number of nitrogens with zero attached hydrogens (tertiary/aromatic N) is 2. The van der Waals surface area contributed by atoms with Crippen LogP contribution >= 0.6 is 0 Å². The van der Waals surface area contributed by atoms with Crippen molar-refractivity contribution in [2.45, 2.75) is 0 Å². The molecule has 0 fully saturated rings. The number of nitrogen functional groups attached to an aromatic ring is 1. The average molecular weight is 497 g/mol. The van der Waals surface area contributed by atoms with Crippen molar-refractivity contribution in [1.29, 1.82) is 0 Å². The van der Waals surface area contributed by atoms with E-state index in [-0.39, 0.29) is 18.3 Å². The molecule has 0 saturated heterocycles. The van der Waals surface area contributed by atoms with Crippen LogP contribution in [0.2, 0.25) is 0 Å². The molecule has 0 aliphatic carbocycles. The van der Waals surface area contributed by atoms with Gasteiger partial charge in [-0.3, -0.25) is 9.78 Å². The fourth-order valence-corrected chi connectivity index (χ4v) is 3.76. The van der Waals surface area contributed by atoms with Gasteiger partial charge in [0, 0.05) is 57.7 Å². The first-order valence-electron chi connectivity index (χ1n) is 11.2. The molecule has 2 heterocycles. The van der Waals surface area contributed by atoms with E-state index in [0.29, 0.717) is 16.9 Å². The van der Waals surface area contributed by atoms with E-state index in [4.69, 9.17) is 5.73 Å². The van der Waals surface area contributed by atoms with E-state index in [9.17, 15) is 4.79 Å². The zero-order valence-corrected chi connectivity index (χ0v) is 20.3. The molecule has 0 aliphatic heterocycles. The Morgan fingerprint density at radius 1 is 0.806 bits per heavy atom. The second-order valence-corrected chi connectivity index (χ2v) is 8.25. The van der Waals surface area contributed by atoms with Gasteiger partial charge in [0.15, 0.2) is 12.4 Å². The summed E-state index contributed by atoms with van der Waals surface area (Å²) in [5, 5.41) is 10.6. The second-order valence-electron chi connectivity index (χ2n) is 8.25. The van der Waals surface area contributed by atoms with E-state index < -0.39 is 0 Å². The third-order valence-electron chi connectivity index (χ3n) is 5.58. The Balaban J connectivity index is 0.00000304. The van der Waals surface area contributed by atoms with Crippen molar-refractivity contribution in [1.82, 2.24) is 4.98 Å². The molecule has 0 spiro atoms. The van der Waals surface area contributed by atoms with Gasteiger partial charge in [-0.2, -0.15) is 0 Å². The molecule has 0 unspecified atom stereocenters. The lowest BCUT2D eigenvalue weighted by molar-refractivity contribution is -0.671. The van der Waals surface area contributed by atoms with E-state index in [1.807, 2.05) is 103 Å². The highest BCUT2D eigenvalue weighted by Gasteiger charge is 2.08. The Morgan fingerprint density at radius 2 is 1.53 bits per heavy atom. The van der Waals surface area contributed by atoms with E-state index in [1.54, 1.807) is 12.3 Å². The van der Waals surface area contributed by atoms with Gasteiger partial charge in [0.25, 0.3) is 5.91 Å². The lowest BCUT2D eigenvalue weighted by Gasteiger charge is -2.12. The Labute approximate surface area is 215 Å². The highest BCUT2D eigenvalue weighted by molar-refractivity contribution is 6.05. The van der Waals surface area contributed by atoms with Crippen molar-refractivity contribution < 1.29 is 21.8 Å². The molecular formula is C28H25ClN6O. The lowest BCUT2D eigenvalue weighted by Crippen LogP contribution is -3.00. The molecule has 5 rings (SSSR count). The van der Waals surface area contributed by atoms with Gasteiger partial charge in [-0.15, -0.1) is 0 Å². The first-order chi connectivity index (χ1) is 17.0. The van der Waals surface area contributed by atoms with Crippen LogP contribution < -0.4 is 38.7 Å². The van der Waals surface area contributed by atoms with Crippen LogP contribution in [0.3, 0.4) is 0 Å². The number of carbonyl (C=O) groups is 1. The zero-order chi connectivity index (χ0) is 24.2. The molecule has 0 atom stereocenters. The monoisotopic (exact) mass is 496 g/mol. The van der Waals surface area contributed by atoms with Gasteiger partial charge in [0.2, 0.25) is 0 Å². The minimum Gasteiger partial charge on any atom is -1.00 e. The molecule has 36 heavy (non-hydrogen) atoms. The number of anilines is 6. The third-order valence-corrected chi connectivity index (χ3v) is 5.58. The largest absolute Gasteiger partial charge is 1.00 e. The van der Waals surface area contributed by atoms with Gasteiger partial charge < -0.3 is 34.1 Å². The van der Waals surface area contributed by atoms with Gasteiger partial charge in [0.05, 0.1) is 11.2 Å². The van der Waals surface area contributed by atoms with Crippen LogP contribution in [0.15, 0.2) is 104 Å². The second kappa shape index (κ2) is 10.8. The van der Waals surface area contributed by atoms with E-state index in [1.165, 1.54) is 0 Å². The maximum absolute atomic E-state index is 12.8. The summed E-state index contributed by atoms with van der Waals surface area (Å²) in [7, 11) is 1.97. The number of nitrogens with one attached hydrogen (secondary N) is 3. The summed E-state index contributed by atoms with van der Waals surface area (Å²) in [4.78, 5) is 17.2. The van der Waals surface area contributed by atoms with Crippen LogP contribution in [0.5, 0.6) is 0 Å². The van der Waals surface area contributed by atoms with Crippen LogP contribution in [-0.2, 0) is 7.05 Å². The number of hydrogen-bond acceptors (Lipinski definition) is 5. The summed E-state index contributed by atoms with van der Waals surface area (Å²) in [5.74, 6) is -0.176. The zero-order valence-electron chi connectivity index (χ0n) is 19.6. The molecule has 0 radical (unpaired) electrons. The topological polar surface area (TPSA) is 96.0 Å². The minimum absolute atomic E-state index is 0. The lowest BCUT2D eigenvalue weighted by atomic mass is 10.1. The predicted octanol–water partition coefficient (Wildman–Crippen LogP) is 2.38. The van der Waals surface area contributed by atoms with Crippen LogP contribution in [0, 0.1) is 0 Å². The molecule has 5 N–H and O–H groups in total. The Hall–Kier alpha value is -4.62. The smallest absolute Gasteiger partial charge is 0.255 e. The van der Waals surface area contributed by atoms with Gasteiger partial charge in [-0.05, 0) is 66.7 Å². The standard InChI is InChI=1S/C28H24N6O.ClH/c1-34-15-12-23(13-16-34)31-24-4-2-3-19(17-24)28(35)33-22-8-6-21(7-9-22)32-27-11-14-30-26-10-5-20(29)18-25(26)27;/h2-18H,29H2,1H3,(H2,30,32,33,35);1H. The number of rotatable bonds is 6. The van der Waals surface area contributed by atoms with Crippen molar-refractivity contribution in [3.8, 4) is 0 Å². The summed E-state index contributed by atoms with van der Waals surface area (Å²) in [6, 6.07) is 26.5. The van der Waals surface area contributed by atoms with E-state index in [2.05, 4.69) is 20.9 Å². The summed E-state index contributed by atoms with van der Waals surface area (Å²) in [6.45, 7) is 0. The summed E-state index contributed by atoms with van der Waals surface area (Å²) in [5.41, 5.74) is 12.4. The molecule has 180 valence electrons. The van der Waals surface area contributed by atoms with Crippen LogP contribution in [0.1, 0.15) is 10.4 Å². The molecule has 0 saturated carbocycles. The number of nitrogens with two attached hydrogens (primary N) is 1. The number of pyridine rings is 2. The Kier molecular flexibility index (Phi) is 7.32. The maximum atomic E-state index is 12.8. The SMILES string of the molecule is C[n+]1ccc(Nc2cccc(C(=O)Nc3ccc(Nc4ccnc5ccc(N)cc45)cc3)c2)cc1.[Cl-]. The third kappa shape index (κ3) is 5.71. The number of fused-ring (bicyclic) bond motifs is 1. The highest BCUT2D eigenvalue weighted by Crippen LogP contribution is 2.27. The molecular weight excluding hydrogens is 472 g/mol. The van der Waals surface area contributed by atoms with Crippen LogP contribution in [0.4, 0.5) is 34.1 Å². The van der Waals surface area contributed by atoms with Crippen LogP contribution in [-0.4, -0.2) is 10.9 Å². The van der Waals surface area contributed by atoms with Gasteiger partial charge >= 0.3 is 0 Å². The number of aromatic nitrogens is 2. The molecule has 8 heteroatoms. The molecule has 1 amide bonds. The number of aryl methyl sites for hydroxylation is 1. The first kappa shape index (κ1) is 24.5. The van der Waals surface area contributed by atoms with Crippen molar-refractivity contribution in [3.05, 3.63) is 109 Å². The van der Waals surface area contributed by atoms with E-state index in [0.717, 1.165) is 33.7 Å². The average Bonchev–Trinajstić information content (AvgIpc) is 2.87. The normalized spacial score (nSPS) is 10.4. The minimum atomic E-state index is -0.176. The summed E-state index contributed by atoms with van der Waals surface area (Å²) >= 11 is 0. The fraction of sp³-hybridized carbons (Fsp3) is 0.0357. The van der Waals surface area contributed by atoms with Gasteiger partial charge in [0.1, 0.15) is 7.05 Å². The first-order valence-corrected chi connectivity index (χ1v) is 11.2. The fourth-order valence-electron chi connectivity index (χ4n) is 3.76. The number of carbonyl (C=O) groups excluding carboxylic acids is 1. The molecule has 5 aromatic rings. The Morgan fingerprint density at radius 3 is 2.31 bits per heavy atom. The van der Waals surface area contributed by atoms with Crippen molar-refractivity contribution in [2.75, 3.05) is 21.7 Å². The number of halogens is 1. The van der Waals surface area contributed by atoms with Gasteiger partial charge in [-0.25, -0.2) is 4.57 Å². The Bertz CT molecular complexity index is 1500. The highest BCUT2D eigenvalue weighted by atomic mass is 35.5. The number of hydrogen-bond donors (Lipinski definition) is 4. The molecule has 7 nitrogen and oxygen atoms in total. The summed E-state index contributed by atoms with van der Waals surface area (Å²) in [6.07, 6.45) is 5.68.